The van der Waals surface area contributed by atoms with Crippen molar-refractivity contribution in [2.24, 2.45) is 11.8 Å². The van der Waals surface area contributed by atoms with E-state index in [-0.39, 0.29) is 41.5 Å². The maximum absolute atomic E-state index is 13.3. The second-order valence-electron chi connectivity index (χ2n) is 12.6. The second kappa shape index (κ2) is 11.2. The number of amides is 2. The molecule has 6 rings (SSSR count). The predicted octanol–water partition coefficient (Wildman–Crippen LogP) is 4.54. The van der Waals surface area contributed by atoms with Gasteiger partial charge in [-0.3, -0.25) is 14.5 Å². The fourth-order valence-electron chi connectivity index (χ4n) is 6.92. The highest BCUT2D eigenvalue weighted by molar-refractivity contribution is 7.99. The maximum Gasteiger partial charge on any atom is 0.251 e. The zero-order valence-electron chi connectivity index (χ0n) is 24.0. The zero-order valence-corrected chi connectivity index (χ0v) is 25.5. The Hall–Kier alpha value is -1.68. The molecule has 4 unspecified atom stereocenters. The molecule has 10 heteroatoms. The van der Waals surface area contributed by atoms with Crippen LogP contribution in [0.2, 0.25) is 5.02 Å². The molecule has 2 aliphatic carbocycles. The number of nitrogens with one attached hydrogen (secondary N) is 2. The molecule has 4 atom stereocenters. The first-order valence-electron chi connectivity index (χ1n) is 14.9. The van der Waals surface area contributed by atoms with Crippen LogP contribution >= 0.6 is 23.4 Å². The SMILES string of the molecule is CSC1CC(C)NC(=O)C1CNC(=O)c1cc(Cl)c2c(c1C)OC(C)(C1CCC(N3CC(OC4CC4)C3)CC1)O2. The van der Waals surface area contributed by atoms with Crippen LogP contribution in [-0.2, 0) is 9.53 Å². The molecule has 2 saturated carbocycles. The first kappa shape index (κ1) is 28.4. The molecule has 1 aromatic rings. The van der Waals surface area contributed by atoms with Crippen LogP contribution in [0.25, 0.3) is 0 Å². The molecule has 3 aliphatic heterocycles. The van der Waals surface area contributed by atoms with Crippen LogP contribution in [0, 0.1) is 18.8 Å². The molecule has 0 radical (unpaired) electrons. The van der Waals surface area contributed by atoms with Crippen molar-refractivity contribution >= 4 is 35.2 Å². The molecule has 4 fully saturated rings. The molecule has 0 bridgehead atoms. The first-order chi connectivity index (χ1) is 19.1. The van der Waals surface area contributed by atoms with Gasteiger partial charge in [-0.25, -0.2) is 0 Å². The number of ether oxygens (including phenoxy) is 3. The molecular formula is C30H42ClN3O5S. The normalized spacial score (nSPS) is 34.3. The molecule has 220 valence electrons. The summed E-state index contributed by atoms with van der Waals surface area (Å²) in [6.07, 6.45) is 10.6. The predicted molar refractivity (Wildman–Crippen MR) is 156 cm³/mol. The third kappa shape index (κ3) is 5.55. The van der Waals surface area contributed by atoms with Crippen molar-refractivity contribution in [3.05, 3.63) is 22.2 Å². The van der Waals surface area contributed by atoms with Crippen molar-refractivity contribution in [2.75, 3.05) is 25.9 Å². The summed E-state index contributed by atoms with van der Waals surface area (Å²) in [4.78, 5) is 28.5. The molecule has 3 heterocycles. The van der Waals surface area contributed by atoms with Gasteiger partial charge in [0.05, 0.1) is 23.1 Å². The number of benzene rings is 1. The summed E-state index contributed by atoms with van der Waals surface area (Å²) in [5.74, 6) is -0.0473. The molecule has 8 nitrogen and oxygen atoms in total. The summed E-state index contributed by atoms with van der Waals surface area (Å²) < 4.78 is 19.0. The lowest BCUT2D eigenvalue weighted by Gasteiger charge is -2.47. The smallest absolute Gasteiger partial charge is 0.251 e. The van der Waals surface area contributed by atoms with Crippen LogP contribution in [0.15, 0.2) is 6.07 Å². The minimum atomic E-state index is -0.814. The van der Waals surface area contributed by atoms with E-state index in [0.717, 1.165) is 45.2 Å². The summed E-state index contributed by atoms with van der Waals surface area (Å²) in [5.41, 5.74) is 1.16. The van der Waals surface area contributed by atoms with E-state index in [1.165, 1.54) is 12.8 Å². The maximum atomic E-state index is 13.3. The zero-order chi connectivity index (χ0) is 28.2. The summed E-state index contributed by atoms with van der Waals surface area (Å²) >= 11 is 8.34. The van der Waals surface area contributed by atoms with Crippen LogP contribution in [-0.4, -0.2) is 77.9 Å². The third-order valence-electron chi connectivity index (χ3n) is 9.58. The van der Waals surface area contributed by atoms with Crippen LogP contribution in [0.1, 0.15) is 74.7 Å². The molecule has 5 aliphatic rings. The number of rotatable bonds is 8. The van der Waals surface area contributed by atoms with E-state index in [2.05, 4.69) is 15.5 Å². The minimum Gasteiger partial charge on any atom is -0.448 e. The molecule has 0 aromatic heterocycles. The van der Waals surface area contributed by atoms with E-state index in [1.54, 1.807) is 17.8 Å². The lowest BCUT2D eigenvalue weighted by Crippen LogP contribution is -2.58. The van der Waals surface area contributed by atoms with Gasteiger partial charge in [0, 0.05) is 60.9 Å². The van der Waals surface area contributed by atoms with Gasteiger partial charge in [-0.2, -0.15) is 11.8 Å². The van der Waals surface area contributed by atoms with Gasteiger partial charge in [0.2, 0.25) is 5.91 Å². The highest BCUT2D eigenvalue weighted by Crippen LogP contribution is 2.52. The molecule has 1 aromatic carbocycles. The Bertz CT molecular complexity index is 1150. The van der Waals surface area contributed by atoms with Gasteiger partial charge in [-0.15, -0.1) is 0 Å². The van der Waals surface area contributed by atoms with Gasteiger partial charge < -0.3 is 24.8 Å². The van der Waals surface area contributed by atoms with E-state index in [9.17, 15) is 9.59 Å². The summed E-state index contributed by atoms with van der Waals surface area (Å²) in [5, 5.41) is 6.53. The number of halogens is 1. The van der Waals surface area contributed by atoms with Gasteiger partial charge in [-0.1, -0.05) is 11.6 Å². The summed E-state index contributed by atoms with van der Waals surface area (Å²) in [6.45, 7) is 8.29. The Kier molecular flexibility index (Phi) is 7.96. The van der Waals surface area contributed by atoms with E-state index >= 15 is 0 Å². The van der Waals surface area contributed by atoms with Gasteiger partial charge in [0.25, 0.3) is 11.7 Å². The highest BCUT2D eigenvalue weighted by atomic mass is 35.5. The van der Waals surface area contributed by atoms with Crippen LogP contribution in [0.4, 0.5) is 0 Å². The van der Waals surface area contributed by atoms with Crippen LogP contribution < -0.4 is 20.1 Å². The largest absolute Gasteiger partial charge is 0.448 e. The fraction of sp³-hybridized carbons (Fsp3) is 0.733. The number of carbonyl (C=O) groups excluding carboxylic acids is 2. The number of hydrogen-bond donors (Lipinski definition) is 2. The quantitative estimate of drug-likeness (QED) is 0.459. The van der Waals surface area contributed by atoms with Crippen molar-refractivity contribution in [3.63, 3.8) is 0 Å². The second-order valence-corrected chi connectivity index (χ2v) is 14.0. The minimum absolute atomic E-state index is 0.00940. The standard InChI is InChI=1S/C30H42ClN3O5S/c1-16-11-25(40-4)23(29(36)33-16)13-32-28(35)22-12-24(31)27-26(17(22)2)38-30(3,39-27)18-5-7-19(8-6-18)34-14-21(15-34)37-20-9-10-20/h12,16,18-21,23,25H,5-11,13-15H2,1-4H3,(H,32,35)(H,33,36). The Morgan fingerprint density at radius 3 is 2.55 bits per heavy atom. The molecule has 0 spiro atoms. The number of thioether (sulfide) groups is 1. The number of nitrogens with zero attached hydrogens (tertiary/aromatic N) is 1. The van der Waals surface area contributed by atoms with Gasteiger partial charge in [0.1, 0.15) is 0 Å². The molecular weight excluding hydrogens is 550 g/mol. The fourth-order valence-corrected chi connectivity index (χ4v) is 8.18. The molecule has 2 saturated heterocycles. The van der Waals surface area contributed by atoms with Crippen molar-refractivity contribution in [1.82, 2.24) is 15.5 Å². The summed E-state index contributed by atoms with van der Waals surface area (Å²) in [6, 6.07) is 2.41. The van der Waals surface area contributed by atoms with E-state index in [4.69, 9.17) is 25.8 Å². The Morgan fingerprint density at radius 1 is 1.18 bits per heavy atom. The van der Waals surface area contributed by atoms with E-state index in [1.807, 2.05) is 27.0 Å². The third-order valence-corrected chi connectivity index (χ3v) is 11.0. The number of likely N-dealkylation sites (tertiary alicyclic amines) is 1. The first-order valence-corrected chi connectivity index (χ1v) is 16.5. The van der Waals surface area contributed by atoms with Gasteiger partial charge >= 0.3 is 0 Å². The topological polar surface area (TPSA) is 89.1 Å². The van der Waals surface area contributed by atoms with Crippen LogP contribution in [0.3, 0.4) is 0 Å². The van der Waals surface area contributed by atoms with E-state index in [0.29, 0.717) is 45.9 Å². The van der Waals surface area contributed by atoms with Gasteiger partial charge in [-0.05, 0) is 71.1 Å². The Morgan fingerprint density at radius 2 is 1.88 bits per heavy atom. The lowest BCUT2D eigenvalue weighted by atomic mass is 9.80. The Labute approximate surface area is 246 Å². The number of hydrogen-bond acceptors (Lipinski definition) is 7. The number of piperidine rings is 1. The molecule has 40 heavy (non-hydrogen) atoms. The lowest BCUT2D eigenvalue weighted by molar-refractivity contribution is -0.133. The number of fused-ring (bicyclic) bond motifs is 1. The highest BCUT2D eigenvalue weighted by Gasteiger charge is 2.49. The van der Waals surface area contributed by atoms with Crippen molar-refractivity contribution in [3.8, 4) is 11.5 Å². The monoisotopic (exact) mass is 591 g/mol. The molecule has 2 N–H and O–H groups in total. The number of carbonyl (C=O) groups is 2. The Balaban J connectivity index is 1.07. The molecule has 2 amide bonds. The average molecular weight is 592 g/mol. The summed E-state index contributed by atoms with van der Waals surface area (Å²) in [7, 11) is 0. The average Bonchev–Trinajstić information content (AvgIpc) is 3.65. The van der Waals surface area contributed by atoms with Crippen LogP contribution in [0.5, 0.6) is 11.5 Å². The van der Waals surface area contributed by atoms with Crippen molar-refractivity contribution < 1.29 is 23.8 Å². The van der Waals surface area contributed by atoms with Gasteiger partial charge in [0.15, 0.2) is 11.5 Å². The van der Waals surface area contributed by atoms with Crippen molar-refractivity contribution in [1.29, 1.82) is 0 Å². The van der Waals surface area contributed by atoms with E-state index < -0.39 is 5.79 Å². The van der Waals surface area contributed by atoms with Crippen molar-refractivity contribution in [2.45, 2.75) is 101 Å².